The second-order valence-electron chi connectivity index (χ2n) is 4.07. The first-order valence-corrected chi connectivity index (χ1v) is 5.55. The minimum Gasteiger partial charge on any atom is -0.369 e. The van der Waals surface area contributed by atoms with Gasteiger partial charge in [-0.15, -0.1) is 0 Å². The maximum absolute atomic E-state index is 5.98. The number of nitrogens with one attached hydrogen (secondary N) is 1. The second kappa shape index (κ2) is 4.73. The van der Waals surface area contributed by atoms with Crippen LogP contribution in [0.1, 0.15) is 30.7 Å². The predicted molar refractivity (Wildman–Crippen MR) is 59.7 cm³/mol. The first kappa shape index (κ1) is 10.6. The molecule has 2 heterocycles. The summed E-state index contributed by atoms with van der Waals surface area (Å²) < 4.78 is 5.98. The predicted octanol–water partition coefficient (Wildman–Crippen LogP) is 1.83. The van der Waals surface area contributed by atoms with E-state index in [0.717, 1.165) is 25.2 Å². The summed E-state index contributed by atoms with van der Waals surface area (Å²) in [6.07, 6.45) is 3.44. The zero-order valence-electron chi connectivity index (χ0n) is 9.36. The SMILES string of the molecule is Cc1ncccc1[C@@H](C)O[C@H]1CCNC1. The standard InChI is InChI=1S/C12H18N2O/c1-9-12(4-3-6-14-9)10(2)15-11-5-7-13-8-11/h3-4,6,10-11,13H,5,7-8H2,1-2H3/t10-,11+/m1/s1. The van der Waals surface area contributed by atoms with Gasteiger partial charge in [0.25, 0.3) is 0 Å². The van der Waals surface area contributed by atoms with Gasteiger partial charge in [0.15, 0.2) is 0 Å². The van der Waals surface area contributed by atoms with Gasteiger partial charge in [-0.05, 0) is 32.9 Å². The maximum Gasteiger partial charge on any atom is 0.0818 e. The summed E-state index contributed by atoms with van der Waals surface area (Å²) in [7, 11) is 0. The number of pyridine rings is 1. The van der Waals surface area contributed by atoms with Crippen molar-refractivity contribution in [3.8, 4) is 0 Å². The molecule has 0 aromatic carbocycles. The molecule has 2 rings (SSSR count). The molecule has 1 fully saturated rings. The molecule has 0 bridgehead atoms. The molecule has 1 aromatic heterocycles. The van der Waals surface area contributed by atoms with Gasteiger partial charge in [-0.1, -0.05) is 6.07 Å². The van der Waals surface area contributed by atoms with E-state index in [2.05, 4.69) is 23.3 Å². The summed E-state index contributed by atoms with van der Waals surface area (Å²) in [5.41, 5.74) is 2.26. The lowest BCUT2D eigenvalue weighted by molar-refractivity contribution is 0.00778. The molecule has 82 valence electrons. The Bertz CT molecular complexity index is 321. The largest absolute Gasteiger partial charge is 0.369 e. The minimum absolute atomic E-state index is 0.142. The van der Waals surface area contributed by atoms with Crippen LogP contribution in [0.2, 0.25) is 0 Å². The summed E-state index contributed by atoms with van der Waals surface area (Å²) in [6.45, 7) is 6.18. The van der Waals surface area contributed by atoms with Crippen molar-refractivity contribution in [3.63, 3.8) is 0 Å². The molecule has 0 radical (unpaired) electrons. The van der Waals surface area contributed by atoms with Gasteiger partial charge >= 0.3 is 0 Å². The van der Waals surface area contributed by atoms with E-state index in [0.29, 0.717) is 6.10 Å². The fraction of sp³-hybridized carbons (Fsp3) is 0.583. The van der Waals surface area contributed by atoms with Crippen LogP contribution in [0, 0.1) is 6.92 Å². The van der Waals surface area contributed by atoms with E-state index in [4.69, 9.17) is 4.74 Å². The van der Waals surface area contributed by atoms with Crippen LogP contribution in [-0.2, 0) is 4.74 Å². The monoisotopic (exact) mass is 206 g/mol. The first-order chi connectivity index (χ1) is 7.27. The van der Waals surface area contributed by atoms with Crippen LogP contribution < -0.4 is 5.32 Å². The Labute approximate surface area is 90.9 Å². The van der Waals surface area contributed by atoms with Gasteiger partial charge in [0.1, 0.15) is 0 Å². The van der Waals surface area contributed by atoms with Crippen LogP contribution in [-0.4, -0.2) is 24.2 Å². The van der Waals surface area contributed by atoms with Crippen molar-refractivity contribution < 1.29 is 4.74 Å². The average molecular weight is 206 g/mol. The number of nitrogens with zero attached hydrogens (tertiary/aromatic N) is 1. The van der Waals surface area contributed by atoms with Gasteiger partial charge in [-0.2, -0.15) is 0 Å². The molecule has 15 heavy (non-hydrogen) atoms. The summed E-state index contributed by atoms with van der Waals surface area (Å²) in [5.74, 6) is 0. The number of aryl methyl sites for hydroxylation is 1. The maximum atomic E-state index is 5.98. The topological polar surface area (TPSA) is 34.1 Å². The van der Waals surface area contributed by atoms with Crippen molar-refractivity contribution in [1.82, 2.24) is 10.3 Å². The van der Waals surface area contributed by atoms with Crippen LogP contribution >= 0.6 is 0 Å². The fourth-order valence-electron chi connectivity index (χ4n) is 2.03. The van der Waals surface area contributed by atoms with E-state index >= 15 is 0 Å². The Morgan fingerprint density at radius 1 is 1.60 bits per heavy atom. The van der Waals surface area contributed by atoms with Gasteiger partial charge in [-0.25, -0.2) is 0 Å². The smallest absolute Gasteiger partial charge is 0.0818 e. The fourth-order valence-corrected chi connectivity index (χ4v) is 2.03. The molecule has 1 N–H and O–H groups in total. The summed E-state index contributed by atoms with van der Waals surface area (Å²) in [4.78, 5) is 4.28. The summed E-state index contributed by atoms with van der Waals surface area (Å²) in [6, 6.07) is 4.06. The van der Waals surface area contributed by atoms with E-state index in [1.807, 2.05) is 19.2 Å². The lowest BCUT2D eigenvalue weighted by atomic mass is 10.1. The number of hydrogen-bond donors (Lipinski definition) is 1. The third kappa shape index (κ3) is 2.55. The molecule has 1 aromatic rings. The molecule has 1 saturated heterocycles. The van der Waals surface area contributed by atoms with E-state index < -0.39 is 0 Å². The van der Waals surface area contributed by atoms with E-state index in [1.54, 1.807) is 0 Å². The zero-order chi connectivity index (χ0) is 10.7. The minimum atomic E-state index is 0.142. The molecule has 3 heteroatoms. The highest BCUT2D eigenvalue weighted by Crippen LogP contribution is 2.22. The highest BCUT2D eigenvalue weighted by atomic mass is 16.5. The highest BCUT2D eigenvalue weighted by molar-refractivity contribution is 5.20. The third-order valence-corrected chi connectivity index (χ3v) is 2.90. The average Bonchev–Trinajstić information content (AvgIpc) is 2.71. The molecule has 0 unspecified atom stereocenters. The Balaban J connectivity index is 2.00. The van der Waals surface area contributed by atoms with Crippen molar-refractivity contribution in [2.75, 3.05) is 13.1 Å². The normalized spacial score (nSPS) is 22.9. The molecule has 0 saturated carbocycles. The first-order valence-electron chi connectivity index (χ1n) is 5.55. The van der Waals surface area contributed by atoms with Crippen molar-refractivity contribution in [2.45, 2.75) is 32.5 Å². The number of ether oxygens (including phenoxy) is 1. The molecule has 0 amide bonds. The number of rotatable bonds is 3. The second-order valence-corrected chi connectivity index (χ2v) is 4.07. The van der Waals surface area contributed by atoms with E-state index in [9.17, 15) is 0 Å². The molecule has 0 aliphatic carbocycles. The van der Waals surface area contributed by atoms with Gasteiger partial charge in [-0.3, -0.25) is 4.98 Å². The molecule has 1 aliphatic heterocycles. The van der Waals surface area contributed by atoms with Crippen LogP contribution in [0.3, 0.4) is 0 Å². The highest BCUT2D eigenvalue weighted by Gasteiger charge is 2.19. The van der Waals surface area contributed by atoms with E-state index in [-0.39, 0.29) is 6.10 Å². The summed E-state index contributed by atoms with van der Waals surface area (Å²) in [5, 5.41) is 3.30. The lowest BCUT2D eigenvalue weighted by Gasteiger charge is -2.19. The van der Waals surface area contributed by atoms with Crippen molar-refractivity contribution in [3.05, 3.63) is 29.6 Å². The van der Waals surface area contributed by atoms with Crippen LogP contribution in [0.4, 0.5) is 0 Å². The zero-order valence-corrected chi connectivity index (χ0v) is 9.36. The molecular formula is C12H18N2O. The van der Waals surface area contributed by atoms with Crippen molar-refractivity contribution in [2.24, 2.45) is 0 Å². The Morgan fingerprint density at radius 2 is 2.47 bits per heavy atom. The molecule has 0 spiro atoms. The number of hydrogen-bond acceptors (Lipinski definition) is 3. The number of aromatic nitrogens is 1. The van der Waals surface area contributed by atoms with Crippen molar-refractivity contribution >= 4 is 0 Å². The molecule has 2 atom stereocenters. The van der Waals surface area contributed by atoms with Gasteiger partial charge in [0.05, 0.1) is 12.2 Å². The Morgan fingerprint density at radius 3 is 3.13 bits per heavy atom. The quantitative estimate of drug-likeness (QED) is 0.819. The van der Waals surface area contributed by atoms with Crippen LogP contribution in [0.15, 0.2) is 18.3 Å². The Hall–Kier alpha value is -0.930. The molecular weight excluding hydrogens is 188 g/mol. The van der Waals surface area contributed by atoms with Gasteiger partial charge in [0, 0.05) is 24.0 Å². The van der Waals surface area contributed by atoms with Crippen LogP contribution in [0.25, 0.3) is 0 Å². The van der Waals surface area contributed by atoms with Crippen molar-refractivity contribution in [1.29, 1.82) is 0 Å². The lowest BCUT2D eigenvalue weighted by Crippen LogP contribution is -2.19. The third-order valence-electron chi connectivity index (χ3n) is 2.90. The van der Waals surface area contributed by atoms with Gasteiger partial charge in [0.2, 0.25) is 0 Å². The Kier molecular flexibility index (Phi) is 3.34. The summed E-state index contributed by atoms with van der Waals surface area (Å²) >= 11 is 0. The molecule has 1 aliphatic rings. The van der Waals surface area contributed by atoms with E-state index in [1.165, 1.54) is 5.56 Å². The molecule has 3 nitrogen and oxygen atoms in total. The van der Waals surface area contributed by atoms with Gasteiger partial charge < -0.3 is 10.1 Å². The van der Waals surface area contributed by atoms with Crippen LogP contribution in [0.5, 0.6) is 0 Å².